The van der Waals surface area contributed by atoms with Crippen molar-refractivity contribution in [2.45, 2.75) is 24.0 Å². The molecule has 11 heteroatoms. The van der Waals surface area contributed by atoms with E-state index in [1.54, 1.807) is 18.3 Å². The third-order valence-corrected chi connectivity index (χ3v) is 7.42. The number of aromatic nitrogens is 4. The Balaban J connectivity index is 1.55. The number of aliphatic hydroxyl groups excluding tert-OH is 2. The molecule has 4 rings (SSSR count). The highest BCUT2D eigenvalue weighted by molar-refractivity contribution is 9.10. The van der Waals surface area contributed by atoms with E-state index in [1.807, 2.05) is 31.4 Å². The fraction of sp³-hybridized carbons (Fsp3) is 0.286. The number of halogens is 1. The number of pyridine rings is 1. The van der Waals surface area contributed by atoms with E-state index in [2.05, 4.69) is 30.9 Å². The van der Waals surface area contributed by atoms with Crippen LogP contribution in [0.1, 0.15) is 13.2 Å². The fourth-order valence-corrected chi connectivity index (χ4v) is 4.26. The summed E-state index contributed by atoms with van der Waals surface area (Å²) in [6.07, 6.45) is 2.37. The molecular formula is C21H23BrN6O3S. The summed E-state index contributed by atoms with van der Waals surface area (Å²) in [6, 6.07) is 9.11. The van der Waals surface area contributed by atoms with Gasteiger partial charge in [-0.1, -0.05) is 0 Å². The number of thioether (sulfide) groups is 1. The summed E-state index contributed by atoms with van der Waals surface area (Å²) in [5.41, 5.74) is 12.9. The summed E-state index contributed by atoms with van der Waals surface area (Å²) in [5, 5.41) is 23.5. The van der Waals surface area contributed by atoms with Gasteiger partial charge in [0.25, 0.3) is 0 Å². The number of nitrogens with two attached hydrogens (primary N) is 2. The molecule has 0 bridgehead atoms. The number of hydrogen-bond donors (Lipinski definition) is 4. The molecular weight excluding hydrogens is 496 g/mol. The minimum Gasteiger partial charge on any atom is -0.492 e. The van der Waals surface area contributed by atoms with Gasteiger partial charge in [-0.15, -0.1) is 0 Å². The summed E-state index contributed by atoms with van der Waals surface area (Å²) in [4.78, 5) is 12.5. The Bertz CT molecular complexity index is 1290. The molecule has 0 fully saturated rings. The maximum atomic E-state index is 11.1. The first kappa shape index (κ1) is 22.6. The molecule has 3 atom stereocenters. The van der Waals surface area contributed by atoms with Crippen LogP contribution in [0.2, 0.25) is 0 Å². The molecule has 1 unspecified atom stereocenters. The maximum Gasteiger partial charge on any atom is 0.159 e. The number of nitrogen functional groups attached to an aromatic ring is 2. The van der Waals surface area contributed by atoms with Gasteiger partial charge in [0.15, 0.2) is 6.23 Å². The average Bonchev–Trinajstić information content (AvgIpc) is 3.23. The third kappa shape index (κ3) is 4.08. The second kappa shape index (κ2) is 8.74. The zero-order valence-corrected chi connectivity index (χ0v) is 19.8. The van der Waals surface area contributed by atoms with Gasteiger partial charge in [-0.25, -0.2) is 15.0 Å². The van der Waals surface area contributed by atoms with Crippen LogP contribution in [0.25, 0.3) is 21.9 Å². The molecule has 0 aliphatic carbocycles. The van der Waals surface area contributed by atoms with Gasteiger partial charge in [0.05, 0.1) is 20.1 Å². The van der Waals surface area contributed by atoms with Gasteiger partial charge < -0.3 is 31.0 Å². The van der Waals surface area contributed by atoms with Crippen LogP contribution in [0.4, 0.5) is 11.6 Å². The van der Waals surface area contributed by atoms with Crippen molar-refractivity contribution in [1.29, 1.82) is 0 Å². The van der Waals surface area contributed by atoms with Crippen LogP contribution in [0, 0.1) is 0 Å². The lowest BCUT2D eigenvalue weighted by Crippen LogP contribution is -2.46. The standard InChI is InChI=1S/C21H23BrN6O3S/c1-21(32-2,9-31-12-4-3-11-7-14(22)18(24)27-15(11)8-12)16(29)20(30)28-6-5-13-17(23)25-10-26-19(13)28/h3-8,10,16,20,29-30H,9H2,1-2H3,(H2,24,27)(H2,23,25,26)/t16-,20+,21?/m0/s1. The number of rotatable bonds is 7. The van der Waals surface area contributed by atoms with E-state index in [1.165, 1.54) is 22.7 Å². The smallest absolute Gasteiger partial charge is 0.159 e. The number of fused-ring (bicyclic) bond motifs is 2. The molecule has 168 valence electrons. The number of ether oxygens (including phenoxy) is 1. The highest BCUT2D eigenvalue weighted by atomic mass is 79.9. The van der Waals surface area contributed by atoms with E-state index in [-0.39, 0.29) is 6.61 Å². The highest BCUT2D eigenvalue weighted by Crippen LogP contribution is 2.34. The van der Waals surface area contributed by atoms with Crippen molar-refractivity contribution in [2.75, 3.05) is 24.3 Å². The van der Waals surface area contributed by atoms with Gasteiger partial charge in [-0.3, -0.25) is 0 Å². The maximum absolute atomic E-state index is 11.1. The van der Waals surface area contributed by atoms with Crippen molar-refractivity contribution in [1.82, 2.24) is 19.5 Å². The largest absolute Gasteiger partial charge is 0.492 e. The summed E-state index contributed by atoms with van der Waals surface area (Å²) >= 11 is 4.77. The SMILES string of the molecule is CSC(C)(COc1ccc2cc(Br)c(N)nc2c1)[C@@H](O)[C@@H](O)n1ccc2c(N)ncnc21. The van der Waals surface area contributed by atoms with E-state index in [0.29, 0.717) is 33.9 Å². The molecule has 9 nitrogen and oxygen atoms in total. The van der Waals surface area contributed by atoms with E-state index in [4.69, 9.17) is 16.2 Å². The number of nitrogens with zero attached hydrogens (tertiary/aromatic N) is 4. The van der Waals surface area contributed by atoms with Crippen LogP contribution in [0.5, 0.6) is 5.75 Å². The molecule has 4 aromatic rings. The number of benzene rings is 1. The van der Waals surface area contributed by atoms with Crippen LogP contribution in [0.3, 0.4) is 0 Å². The number of anilines is 2. The molecule has 0 amide bonds. The third-order valence-electron chi connectivity index (χ3n) is 5.49. The quantitative estimate of drug-likeness (QED) is 0.290. The average molecular weight is 519 g/mol. The predicted molar refractivity (Wildman–Crippen MR) is 130 cm³/mol. The Morgan fingerprint density at radius 2 is 1.97 bits per heavy atom. The Hall–Kier alpha value is -2.60. The van der Waals surface area contributed by atoms with E-state index in [0.717, 1.165) is 9.86 Å². The van der Waals surface area contributed by atoms with Crippen molar-refractivity contribution in [3.05, 3.63) is 47.3 Å². The van der Waals surface area contributed by atoms with Crippen LogP contribution < -0.4 is 16.2 Å². The molecule has 0 spiro atoms. The minimum atomic E-state index is -1.27. The Morgan fingerprint density at radius 1 is 1.19 bits per heavy atom. The van der Waals surface area contributed by atoms with Crippen LogP contribution in [-0.4, -0.2) is 53.4 Å². The van der Waals surface area contributed by atoms with Crippen molar-refractivity contribution >= 4 is 61.3 Å². The number of hydrogen-bond acceptors (Lipinski definition) is 9. The van der Waals surface area contributed by atoms with E-state index >= 15 is 0 Å². The minimum absolute atomic E-state index is 0.139. The topological polar surface area (TPSA) is 145 Å². The van der Waals surface area contributed by atoms with Crippen molar-refractivity contribution in [3.8, 4) is 5.75 Å². The Labute approximate surface area is 196 Å². The zero-order chi connectivity index (χ0) is 23.0. The fourth-order valence-electron chi connectivity index (χ4n) is 3.39. The van der Waals surface area contributed by atoms with Crippen LogP contribution in [0.15, 0.2) is 47.3 Å². The van der Waals surface area contributed by atoms with Crippen LogP contribution >= 0.6 is 27.7 Å². The second-order valence-electron chi connectivity index (χ2n) is 7.59. The molecule has 0 aliphatic heterocycles. The Morgan fingerprint density at radius 3 is 2.72 bits per heavy atom. The predicted octanol–water partition coefficient (Wildman–Crippen LogP) is 2.96. The molecule has 6 N–H and O–H groups in total. The summed E-state index contributed by atoms with van der Waals surface area (Å²) in [6.45, 7) is 1.97. The summed E-state index contributed by atoms with van der Waals surface area (Å²) in [5.74, 6) is 1.29. The van der Waals surface area contributed by atoms with Crippen molar-refractivity contribution in [3.63, 3.8) is 0 Å². The lowest BCUT2D eigenvalue weighted by molar-refractivity contribution is -0.0503. The first-order valence-corrected chi connectivity index (χ1v) is 11.7. The van der Waals surface area contributed by atoms with Gasteiger partial charge in [0, 0.05) is 17.6 Å². The van der Waals surface area contributed by atoms with Crippen molar-refractivity contribution in [2.24, 2.45) is 0 Å². The lowest BCUT2D eigenvalue weighted by atomic mass is 10.0. The van der Waals surface area contributed by atoms with E-state index in [9.17, 15) is 10.2 Å². The van der Waals surface area contributed by atoms with Gasteiger partial charge >= 0.3 is 0 Å². The molecule has 0 saturated heterocycles. The molecule has 3 aromatic heterocycles. The van der Waals surface area contributed by atoms with Crippen molar-refractivity contribution < 1.29 is 14.9 Å². The first-order chi connectivity index (χ1) is 15.2. The molecule has 0 aliphatic rings. The van der Waals surface area contributed by atoms with Crippen LogP contribution in [-0.2, 0) is 0 Å². The van der Waals surface area contributed by atoms with E-state index < -0.39 is 17.1 Å². The monoisotopic (exact) mass is 518 g/mol. The summed E-state index contributed by atoms with van der Waals surface area (Å²) < 4.78 is 7.37. The molecule has 0 radical (unpaired) electrons. The van der Waals surface area contributed by atoms with Gasteiger partial charge in [0.2, 0.25) is 0 Å². The molecule has 32 heavy (non-hydrogen) atoms. The summed E-state index contributed by atoms with van der Waals surface area (Å²) in [7, 11) is 0. The zero-order valence-electron chi connectivity index (χ0n) is 17.4. The normalized spacial score (nSPS) is 15.5. The Kier molecular flexibility index (Phi) is 6.17. The lowest BCUT2D eigenvalue weighted by Gasteiger charge is -2.35. The molecule has 1 aromatic carbocycles. The first-order valence-electron chi connectivity index (χ1n) is 9.70. The highest BCUT2D eigenvalue weighted by Gasteiger charge is 2.39. The van der Waals surface area contributed by atoms with Gasteiger partial charge in [-0.05, 0) is 53.4 Å². The van der Waals surface area contributed by atoms with Gasteiger partial charge in [0.1, 0.15) is 42.1 Å². The molecule has 0 saturated carbocycles. The second-order valence-corrected chi connectivity index (χ2v) is 9.79. The molecule has 3 heterocycles. The van der Waals surface area contributed by atoms with Gasteiger partial charge in [-0.2, -0.15) is 11.8 Å². The number of aliphatic hydroxyl groups is 2.